The van der Waals surface area contributed by atoms with Gasteiger partial charge in [0, 0.05) is 5.25 Å². The Balaban J connectivity index is 2.45. The Hall–Kier alpha value is -2.10. The fraction of sp³-hybridized carbons (Fsp3) is 0.278. The number of hydrogen-bond donors (Lipinski definition) is 1. The van der Waals surface area contributed by atoms with Crippen LogP contribution in [0.4, 0.5) is 22.0 Å². The molecular weight excluding hydrogens is 452 g/mol. The van der Waals surface area contributed by atoms with Crippen molar-refractivity contribution >= 4 is 24.6 Å². The van der Waals surface area contributed by atoms with Crippen molar-refractivity contribution in [1.29, 1.82) is 0 Å². The number of carbonyl (C=O) groups is 1. The highest BCUT2D eigenvalue weighted by atomic mass is 32.2. The molecule has 0 fully saturated rings. The van der Waals surface area contributed by atoms with Gasteiger partial charge in [-0.1, -0.05) is 43.8 Å². The van der Waals surface area contributed by atoms with Crippen LogP contribution < -0.4 is 14.1 Å². The van der Waals surface area contributed by atoms with Gasteiger partial charge in [0.05, 0.1) is 6.04 Å². The molecule has 0 aliphatic rings. The molecule has 0 aliphatic carbocycles. The van der Waals surface area contributed by atoms with Gasteiger partial charge in [-0.25, -0.2) is 17.7 Å². The molecule has 2 aromatic rings. The number of rotatable bonds is 8. The van der Waals surface area contributed by atoms with Crippen LogP contribution in [0.3, 0.4) is 0 Å². The molecule has 1 N–H and O–H groups in total. The summed E-state index contributed by atoms with van der Waals surface area (Å²) in [6, 6.07) is 5.94. The van der Waals surface area contributed by atoms with Crippen molar-refractivity contribution in [2.75, 3.05) is 0 Å². The van der Waals surface area contributed by atoms with E-state index in [0.717, 1.165) is 11.8 Å². The van der Waals surface area contributed by atoms with Crippen LogP contribution in [-0.4, -0.2) is 16.4 Å². The van der Waals surface area contributed by atoms with Gasteiger partial charge in [0.15, 0.2) is 0 Å². The summed E-state index contributed by atoms with van der Waals surface area (Å²) in [5, 5.41) is 1.53. The van der Waals surface area contributed by atoms with Gasteiger partial charge in [-0.05, 0) is 19.1 Å². The molecule has 0 spiro atoms. The van der Waals surface area contributed by atoms with Crippen LogP contribution >= 0.6 is 19.5 Å². The molecule has 0 aliphatic heterocycles. The van der Waals surface area contributed by atoms with Crippen molar-refractivity contribution < 1.29 is 40.4 Å². The fourth-order valence-corrected chi connectivity index (χ4v) is 4.45. The molecule has 5 nitrogen and oxygen atoms in total. The highest BCUT2D eigenvalue weighted by Crippen LogP contribution is 2.47. The first-order valence-corrected chi connectivity index (χ1v) is 10.9. The van der Waals surface area contributed by atoms with E-state index in [0.29, 0.717) is 0 Å². The molecular formula is C18H17F5NO4PS. The molecule has 12 heteroatoms. The minimum atomic E-state index is -4.85. The number of para-hydroxylation sites is 1. The monoisotopic (exact) mass is 469 g/mol. The van der Waals surface area contributed by atoms with Crippen molar-refractivity contribution in [3.05, 3.63) is 59.4 Å². The van der Waals surface area contributed by atoms with Gasteiger partial charge in [-0.3, -0.25) is 4.79 Å². The summed E-state index contributed by atoms with van der Waals surface area (Å²) in [6.45, 7) is 4.72. The Labute approximate surface area is 173 Å². The van der Waals surface area contributed by atoms with Crippen LogP contribution in [0.25, 0.3) is 0 Å². The van der Waals surface area contributed by atoms with Gasteiger partial charge in [0.1, 0.15) is 5.75 Å². The highest BCUT2D eigenvalue weighted by molar-refractivity contribution is 8.14. The Morgan fingerprint density at radius 1 is 0.900 bits per heavy atom. The number of halogens is 5. The maximum absolute atomic E-state index is 14.0. The number of thioether (sulfide) groups is 1. The van der Waals surface area contributed by atoms with E-state index in [1.54, 1.807) is 19.9 Å². The van der Waals surface area contributed by atoms with Gasteiger partial charge < -0.3 is 9.05 Å². The van der Waals surface area contributed by atoms with Crippen LogP contribution in [0.2, 0.25) is 0 Å². The molecule has 0 saturated heterocycles. The summed E-state index contributed by atoms with van der Waals surface area (Å²) in [5.74, 6) is -13.5. The van der Waals surface area contributed by atoms with Gasteiger partial charge in [-0.15, -0.1) is 0 Å². The Bertz CT molecular complexity index is 948. The molecule has 30 heavy (non-hydrogen) atoms. The quantitative estimate of drug-likeness (QED) is 0.235. The SMILES string of the molecule is CC(C)SC(=O)[C@H](C)N[P@](=O)(Oc1ccccc1)Oc1c(F)c(F)c(F)c(F)c1F. The number of carbonyl (C=O) groups excluding carboxylic acids is 1. The van der Waals surface area contributed by atoms with Gasteiger partial charge >= 0.3 is 7.75 Å². The van der Waals surface area contributed by atoms with Crippen LogP contribution in [0.5, 0.6) is 11.5 Å². The topological polar surface area (TPSA) is 64.6 Å². The Kier molecular flexibility index (Phi) is 7.90. The lowest BCUT2D eigenvalue weighted by molar-refractivity contribution is -0.112. The zero-order valence-corrected chi connectivity index (χ0v) is 17.6. The number of nitrogens with one attached hydrogen (secondary N) is 1. The largest absolute Gasteiger partial charge is 0.513 e. The van der Waals surface area contributed by atoms with Crippen molar-refractivity contribution in [3.63, 3.8) is 0 Å². The maximum atomic E-state index is 14.0. The first kappa shape index (κ1) is 24.2. The molecule has 2 atom stereocenters. The molecule has 164 valence electrons. The zero-order chi connectivity index (χ0) is 22.6. The van der Waals surface area contributed by atoms with Crippen molar-refractivity contribution in [1.82, 2.24) is 5.09 Å². The molecule has 0 bridgehead atoms. The molecule has 0 saturated carbocycles. The van der Waals surface area contributed by atoms with E-state index in [9.17, 15) is 31.3 Å². The molecule has 0 amide bonds. The number of benzene rings is 2. The summed E-state index contributed by atoms with van der Waals surface area (Å²) in [4.78, 5) is 12.2. The average molecular weight is 469 g/mol. The minimum Gasteiger partial charge on any atom is -0.405 e. The maximum Gasteiger partial charge on any atom is 0.513 e. The van der Waals surface area contributed by atoms with Crippen LogP contribution in [0.1, 0.15) is 20.8 Å². The van der Waals surface area contributed by atoms with Crippen molar-refractivity contribution in [2.45, 2.75) is 32.1 Å². The van der Waals surface area contributed by atoms with Crippen LogP contribution in [0.15, 0.2) is 30.3 Å². The van der Waals surface area contributed by atoms with E-state index in [1.807, 2.05) is 0 Å². The van der Waals surface area contributed by atoms with E-state index in [2.05, 4.69) is 9.61 Å². The smallest absolute Gasteiger partial charge is 0.405 e. The van der Waals surface area contributed by atoms with E-state index in [-0.39, 0.29) is 11.0 Å². The average Bonchev–Trinajstić information content (AvgIpc) is 2.68. The molecule has 2 aromatic carbocycles. The van der Waals surface area contributed by atoms with E-state index in [1.165, 1.54) is 31.2 Å². The minimum absolute atomic E-state index is 0.103. The standard InChI is InChI=1S/C18H17F5NO4PS/c1-9(2)30-18(25)10(3)24-29(26,27-11-7-5-4-6-8-11)28-17-15(22)13(20)12(19)14(21)16(17)23/h4-10H,1-3H3,(H,24,26)/t10-,29-/m0/s1. The van der Waals surface area contributed by atoms with E-state index >= 15 is 0 Å². The zero-order valence-electron chi connectivity index (χ0n) is 15.9. The number of hydrogen-bond acceptors (Lipinski definition) is 5. The first-order valence-electron chi connectivity index (χ1n) is 8.49. The Morgan fingerprint density at radius 2 is 1.40 bits per heavy atom. The lowest BCUT2D eigenvalue weighted by atomic mass is 10.3. The van der Waals surface area contributed by atoms with Crippen LogP contribution in [0, 0.1) is 29.1 Å². The van der Waals surface area contributed by atoms with E-state index < -0.39 is 53.7 Å². The third kappa shape index (κ3) is 5.74. The molecule has 0 unspecified atom stereocenters. The Morgan fingerprint density at radius 3 is 1.90 bits per heavy atom. The first-order chi connectivity index (χ1) is 13.9. The summed E-state index contributed by atoms with van der Waals surface area (Å²) in [6.07, 6.45) is 0. The second-order valence-corrected chi connectivity index (χ2v) is 9.43. The molecule has 0 heterocycles. The predicted octanol–water partition coefficient (Wildman–Crippen LogP) is 5.59. The predicted molar refractivity (Wildman–Crippen MR) is 102 cm³/mol. The summed E-state index contributed by atoms with van der Waals surface area (Å²) in [7, 11) is -4.85. The normalized spacial score (nSPS) is 14.3. The molecule has 0 radical (unpaired) electrons. The van der Waals surface area contributed by atoms with E-state index in [4.69, 9.17) is 4.52 Å². The van der Waals surface area contributed by atoms with Crippen molar-refractivity contribution in [2.24, 2.45) is 0 Å². The highest BCUT2D eigenvalue weighted by Gasteiger charge is 2.38. The van der Waals surface area contributed by atoms with Gasteiger partial charge in [-0.2, -0.15) is 13.9 Å². The lowest BCUT2D eigenvalue weighted by Gasteiger charge is -2.24. The summed E-state index contributed by atoms with van der Waals surface area (Å²) >= 11 is 0.878. The van der Waals surface area contributed by atoms with Crippen molar-refractivity contribution in [3.8, 4) is 11.5 Å². The lowest BCUT2D eigenvalue weighted by Crippen LogP contribution is -2.34. The third-order valence-corrected chi connectivity index (χ3v) is 6.04. The second kappa shape index (κ2) is 9.80. The summed E-state index contributed by atoms with van der Waals surface area (Å²) in [5.41, 5.74) is 0. The summed E-state index contributed by atoms with van der Waals surface area (Å²) < 4.78 is 91.3. The molecule has 0 aromatic heterocycles. The second-order valence-electron chi connectivity index (χ2n) is 6.23. The molecule has 2 rings (SSSR count). The van der Waals surface area contributed by atoms with Gasteiger partial charge in [0.2, 0.25) is 40.0 Å². The fourth-order valence-electron chi connectivity index (χ4n) is 2.10. The third-order valence-electron chi connectivity index (χ3n) is 3.41. The van der Waals surface area contributed by atoms with Gasteiger partial charge in [0.25, 0.3) is 0 Å². The van der Waals surface area contributed by atoms with Crippen LogP contribution in [-0.2, 0) is 9.36 Å².